The Kier molecular flexibility index (Phi) is 3.09. The van der Waals surface area contributed by atoms with Crippen molar-refractivity contribution in [1.29, 1.82) is 0 Å². The fourth-order valence-electron chi connectivity index (χ4n) is 1.27. The number of rotatable bonds is 3. The average molecular weight is 158 g/mol. The summed E-state index contributed by atoms with van der Waals surface area (Å²) in [6.45, 7) is 8.56. The van der Waals surface area contributed by atoms with E-state index in [0.29, 0.717) is 0 Å². The highest BCUT2D eigenvalue weighted by Crippen LogP contribution is 2.21. The van der Waals surface area contributed by atoms with Gasteiger partial charge in [-0.25, -0.2) is 0 Å². The zero-order valence-corrected chi connectivity index (χ0v) is 8.73. The van der Waals surface area contributed by atoms with E-state index in [2.05, 4.69) is 46.7 Å². The molecule has 0 aliphatic heterocycles. The third kappa shape index (κ3) is 4.38. The van der Waals surface area contributed by atoms with Crippen LogP contribution in [0.2, 0.25) is 0 Å². The van der Waals surface area contributed by atoms with Gasteiger partial charge in [-0.05, 0) is 48.2 Å². The van der Waals surface area contributed by atoms with Crippen LogP contribution in [0, 0.1) is 0 Å². The standard InChI is InChI=1S/C9H22N2/c1-8(2,10)7-9(3,4)11(5)6/h7,10H2,1-6H3. The lowest BCUT2D eigenvalue weighted by atomic mass is 9.87. The van der Waals surface area contributed by atoms with Crippen molar-refractivity contribution in [2.45, 2.75) is 45.2 Å². The van der Waals surface area contributed by atoms with Gasteiger partial charge in [-0.2, -0.15) is 0 Å². The maximum absolute atomic E-state index is 5.93. The first-order chi connectivity index (χ1) is 4.65. The molecule has 0 aliphatic rings. The predicted octanol–water partition coefficient (Wildman–Crippen LogP) is 1.45. The first-order valence-electron chi connectivity index (χ1n) is 4.11. The summed E-state index contributed by atoms with van der Waals surface area (Å²) in [5.74, 6) is 0. The predicted molar refractivity (Wildman–Crippen MR) is 50.6 cm³/mol. The van der Waals surface area contributed by atoms with Crippen LogP contribution in [0.15, 0.2) is 0 Å². The zero-order chi connectivity index (χ0) is 9.28. The molecule has 0 aromatic carbocycles. The largest absolute Gasteiger partial charge is 0.325 e. The highest BCUT2D eigenvalue weighted by atomic mass is 15.1. The Morgan fingerprint density at radius 3 is 1.55 bits per heavy atom. The molecule has 0 atom stereocenters. The molecule has 0 heterocycles. The van der Waals surface area contributed by atoms with Crippen LogP contribution in [0.1, 0.15) is 34.1 Å². The molecular formula is C9H22N2. The van der Waals surface area contributed by atoms with Gasteiger partial charge in [0.05, 0.1) is 0 Å². The molecule has 0 aromatic heterocycles. The third-order valence-corrected chi connectivity index (χ3v) is 2.10. The van der Waals surface area contributed by atoms with E-state index in [-0.39, 0.29) is 11.1 Å². The van der Waals surface area contributed by atoms with Gasteiger partial charge >= 0.3 is 0 Å². The lowest BCUT2D eigenvalue weighted by Crippen LogP contribution is -2.47. The summed E-state index contributed by atoms with van der Waals surface area (Å²) in [5, 5.41) is 0. The molecule has 68 valence electrons. The van der Waals surface area contributed by atoms with Gasteiger partial charge in [-0.3, -0.25) is 0 Å². The molecule has 0 spiro atoms. The van der Waals surface area contributed by atoms with Crippen LogP contribution in [-0.4, -0.2) is 30.1 Å². The highest BCUT2D eigenvalue weighted by molar-refractivity contribution is 4.87. The lowest BCUT2D eigenvalue weighted by Gasteiger charge is -2.37. The molecule has 0 rings (SSSR count). The molecule has 0 amide bonds. The van der Waals surface area contributed by atoms with E-state index in [9.17, 15) is 0 Å². The highest BCUT2D eigenvalue weighted by Gasteiger charge is 2.27. The summed E-state index contributed by atoms with van der Waals surface area (Å²) in [6, 6.07) is 0. The summed E-state index contributed by atoms with van der Waals surface area (Å²) < 4.78 is 0. The van der Waals surface area contributed by atoms with Crippen molar-refractivity contribution in [1.82, 2.24) is 4.90 Å². The smallest absolute Gasteiger partial charge is 0.0164 e. The molecular weight excluding hydrogens is 136 g/mol. The Hall–Kier alpha value is -0.0800. The van der Waals surface area contributed by atoms with E-state index in [1.165, 1.54) is 0 Å². The average Bonchev–Trinajstić information content (AvgIpc) is 1.56. The first-order valence-corrected chi connectivity index (χ1v) is 4.11. The molecule has 0 bridgehead atoms. The Balaban J connectivity index is 4.13. The maximum atomic E-state index is 5.93. The summed E-state index contributed by atoms with van der Waals surface area (Å²) in [4.78, 5) is 2.21. The molecule has 2 nitrogen and oxygen atoms in total. The monoisotopic (exact) mass is 158 g/mol. The van der Waals surface area contributed by atoms with Crippen LogP contribution < -0.4 is 5.73 Å². The SMILES string of the molecule is CN(C)C(C)(C)CC(C)(C)N. The van der Waals surface area contributed by atoms with Gasteiger partial charge in [0.2, 0.25) is 0 Å². The summed E-state index contributed by atoms with van der Waals surface area (Å²) >= 11 is 0. The molecule has 11 heavy (non-hydrogen) atoms. The Morgan fingerprint density at radius 1 is 1.09 bits per heavy atom. The second kappa shape index (κ2) is 3.11. The normalized spacial score (nSPS) is 14.2. The van der Waals surface area contributed by atoms with Gasteiger partial charge in [-0.15, -0.1) is 0 Å². The molecule has 0 aromatic rings. The minimum absolute atomic E-state index is 0.0756. The van der Waals surface area contributed by atoms with Gasteiger partial charge in [0.25, 0.3) is 0 Å². The van der Waals surface area contributed by atoms with E-state index in [4.69, 9.17) is 5.73 Å². The van der Waals surface area contributed by atoms with Crippen LogP contribution >= 0.6 is 0 Å². The van der Waals surface area contributed by atoms with Crippen molar-refractivity contribution in [3.8, 4) is 0 Å². The maximum Gasteiger partial charge on any atom is 0.0164 e. The first kappa shape index (κ1) is 10.9. The van der Waals surface area contributed by atoms with Gasteiger partial charge in [-0.1, -0.05) is 0 Å². The van der Waals surface area contributed by atoms with Crippen molar-refractivity contribution in [3.63, 3.8) is 0 Å². The molecule has 2 N–H and O–H groups in total. The van der Waals surface area contributed by atoms with Crippen molar-refractivity contribution in [2.24, 2.45) is 5.73 Å². The second-order valence-electron chi connectivity index (χ2n) is 4.87. The molecule has 0 unspecified atom stereocenters. The minimum atomic E-state index is -0.0756. The van der Waals surface area contributed by atoms with Crippen molar-refractivity contribution in [3.05, 3.63) is 0 Å². The number of nitrogens with two attached hydrogens (primary N) is 1. The van der Waals surface area contributed by atoms with E-state index in [1.54, 1.807) is 0 Å². The third-order valence-electron chi connectivity index (χ3n) is 2.10. The molecule has 0 fully saturated rings. The molecule has 2 heteroatoms. The van der Waals surface area contributed by atoms with Gasteiger partial charge < -0.3 is 10.6 Å². The Labute approximate surface area is 70.8 Å². The molecule has 0 saturated carbocycles. The quantitative estimate of drug-likeness (QED) is 0.673. The van der Waals surface area contributed by atoms with Gasteiger partial charge in [0.1, 0.15) is 0 Å². The summed E-state index contributed by atoms with van der Waals surface area (Å²) in [6.07, 6.45) is 1.01. The van der Waals surface area contributed by atoms with Crippen LogP contribution in [-0.2, 0) is 0 Å². The fraction of sp³-hybridized carbons (Fsp3) is 1.00. The van der Waals surface area contributed by atoms with Crippen LogP contribution in [0.3, 0.4) is 0 Å². The zero-order valence-electron chi connectivity index (χ0n) is 8.73. The van der Waals surface area contributed by atoms with Crippen molar-refractivity contribution < 1.29 is 0 Å². The van der Waals surface area contributed by atoms with Crippen molar-refractivity contribution >= 4 is 0 Å². The number of hydrogen-bond acceptors (Lipinski definition) is 2. The van der Waals surface area contributed by atoms with E-state index in [0.717, 1.165) is 6.42 Å². The molecule has 0 aliphatic carbocycles. The van der Waals surface area contributed by atoms with Crippen LogP contribution in [0.4, 0.5) is 0 Å². The topological polar surface area (TPSA) is 29.3 Å². The lowest BCUT2D eigenvalue weighted by molar-refractivity contribution is 0.152. The van der Waals surface area contributed by atoms with Gasteiger partial charge in [0, 0.05) is 11.1 Å². The van der Waals surface area contributed by atoms with Gasteiger partial charge in [0.15, 0.2) is 0 Å². The van der Waals surface area contributed by atoms with E-state index < -0.39 is 0 Å². The van der Waals surface area contributed by atoms with E-state index >= 15 is 0 Å². The number of hydrogen-bond donors (Lipinski definition) is 1. The van der Waals surface area contributed by atoms with Crippen molar-refractivity contribution in [2.75, 3.05) is 14.1 Å². The van der Waals surface area contributed by atoms with Crippen LogP contribution in [0.25, 0.3) is 0 Å². The fourth-order valence-corrected chi connectivity index (χ4v) is 1.27. The molecule has 0 saturated heterocycles. The van der Waals surface area contributed by atoms with E-state index in [1.807, 2.05) is 0 Å². The Morgan fingerprint density at radius 2 is 1.45 bits per heavy atom. The molecule has 0 radical (unpaired) electrons. The summed E-state index contributed by atoms with van der Waals surface area (Å²) in [5.41, 5.74) is 6.05. The van der Waals surface area contributed by atoms with Crippen LogP contribution in [0.5, 0.6) is 0 Å². The summed E-state index contributed by atoms with van der Waals surface area (Å²) in [7, 11) is 4.18. The minimum Gasteiger partial charge on any atom is -0.325 e. The number of nitrogens with zero attached hydrogens (tertiary/aromatic N) is 1. The second-order valence-corrected chi connectivity index (χ2v) is 4.87. The Bertz CT molecular complexity index is 120.